The molecule has 0 radical (unpaired) electrons. The van der Waals surface area contributed by atoms with Crippen LogP contribution in [0.4, 0.5) is 24.5 Å². The first-order valence-electron chi connectivity index (χ1n) is 7.55. The number of amides is 1. The van der Waals surface area contributed by atoms with Gasteiger partial charge in [0.15, 0.2) is 0 Å². The van der Waals surface area contributed by atoms with Gasteiger partial charge in [-0.1, -0.05) is 13.8 Å². The van der Waals surface area contributed by atoms with Crippen molar-refractivity contribution in [3.8, 4) is 0 Å². The number of carbonyl (C=O) groups is 1. The van der Waals surface area contributed by atoms with E-state index in [0.29, 0.717) is 18.0 Å². The van der Waals surface area contributed by atoms with Crippen molar-refractivity contribution in [3.05, 3.63) is 45.7 Å². The smallest absolute Gasteiger partial charge is 0.423 e. The van der Waals surface area contributed by atoms with Gasteiger partial charge in [-0.05, 0) is 12.1 Å². The summed E-state index contributed by atoms with van der Waals surface area (Å²) in [6, 6.07) is 2.26. The molecule has 2 aromatic rings. The summed E-state index contributed by atoms with van der Waals surface area (Å²) in [6.45, 7) is 3.72. The fourth-order valence-corrected chi connectivity index (χ4v) is 2.04. The number of nitro groups is 1. The molecule has 0 spiro atoms. The molecule has 0 aliphatic heterocycles. The van der Waals surface area contributed by atoms with Crippen molar-refractivity contribution in [1.29, 1.82) is 0 Å². The molecule has 26 heavy (non-hydrogen) atoms. The molecular weight excluding hydrogens is 357 g/mol. The Kier molecular flexibility index (Phi) is 5.58. The molecule has 11 heteroatoms. The van der Waals surface area contributed by atoms with Gasteiger partial charge in [-0.15, -0.1) is 10.2 Å². The first-order valence-corrected chi connectivity index (χ1v) is 7.55. The van der Waals surface area contributed by atoms with E-state index in [9.17, 15) is 28.1 Å². The summed E-state index contributed by atoms with van der Waals surface area (Å²) in [5.41, 5.74) is -2.71. The topological polar surface area (TPSA) is 111 Å². The lowest BCUT2D eigenvalue weighted by Gasteiger charge is -2.10. The van der Waals surface area contributed by atoms with Crippen molar-refractivity contribution in [1.82, 2.24) is 10.2 Å². The minimum absolute atomic E-state index is 0.0333. The lowest BCUT2D eigenvalue weighted by molar-refractivity contribution is -0.388. The minimum Gasteiger partial charge on any atom is -0.425 e. The van der Waals surface area contributed by atoms with Crippen molar-refractivity contribution in [2.45, 2.75) is 38.8 Å². The van der Waals surface area contributed by atoms with Gasteiger partial charge in [0.05, 0.1) is 4.92 Å². The normalized spacial score (nSPS) is 11.6. The van der Waals surface area contributed by atoms with Gasteiger partial charge in [-0.3, -0.25) is 14.9 Å². The molecule has 1 aromatic heterocycles. The maximum atomic E-state index is 12.9. The van der Waals surface area contributed by atoms with Crippen molar-refractivity contribution < 1.29 is 27.3 Å². The van der Waals surface area contributed by atoms with E-state index in [1.807, 2.05) is 13.8 Å². The van der Waals surface area contributed by atoms with Gasteiger partial charge < -0.3 is 9.73 Å². The first-order chi connectivity index (χ1) is 12.1. The summed E-state index contributed by atoms with van der Waals surface area (Å²) in [7, 11) is 0. The van der Waals surface area contributed by atoms with Crippen molar-refractivity contribution in [2.75, 3.05) is 5.32 Å². The third kappa shape index (κ3) is 4.77. The van der Waals surface area contributed by atoms with Crippen LogP contribution < -0.4 is 5.32 Å². The van der Waals surface area contributed by atoms with Gasteiger partial charge >= 0.3 is 6.18 Å². The van der Waals surface area contributed by atoms with E-state index in [0.717, 1.165) is 6.07 Å². The maximum absolute atomic E-state index is 12.9. The van der Waals surface area contributed by atoms with Crippen LogP contribution in [0.1, 0.15) is 43.5 Å². The highest BCUT2D eigenvalue weighted by molar-refractivity contribution is 5.91. The number of halogens is 3. The predicted octanol–water partition coefficient (Wildman–Crippen LogP) is 3.69. The Morgan fingerprint density at radius 1 is 1.35 bits per heavy atom. The standard InChI is InChI=1S/C15H15F3N4O4/c1-8(2)14-21-20-13(26-14)6-5-12(23)19-9-3-4-11(22(24)25)10(7-9)15(16,17)18/h3-4,7-8H,5-6H2,1-2H3,(H,19,23). The fourth-order valence-electron chi connectivity index (χ4n) is 2.04. The third-order valence-electron chi connectivity index (χ3n) is 3.32. The number of alkyl halides is 3. The molecule has 0 unspecified atom stereocenters. The van der Waals surface area contributed by atoms with E-state index in [1.54, 1.807) is 0 Å². The van der Waals surface area contributed by atoms with Crippen LogP contribution >= 0.6 is 0 Å². The molecule has 0 saturated carbocycles. The largest absolute Gasteiger partial charge is 0.425 e. The van der Waals surface area contributed by atoms with Crippen LogP contribution in [0.25, 0.3) is 0 Å². The van der Waals surface area contributed by atoms with Gasteiger partial charge in [0.2, 0.25) is 17.7 Å². The van der Waals surface area contributed by atoms with Crippen LogP contribution in [-0.4, -0.2) is 21.0 Å². The molecule has 1 heterocycles. The van der Waals surface area contributed by atoms with E-state index in [1.165, 1.54) is 0 Å². The number of benzene rings is 1. The third-order valence-corrected chi connectivity index (χ3v) is 3.32. The van der Waals surface area contributed by atoms with E-state index >= 15 is 0 Å². The van der Waals surface area contributed by atoms with Crippen molar-refractivity contribution in [2.24, 2.45) is 0 Å². The summed E-state index contributed by atoms with van der Waals surface area (Å²) >= 11 is 0. The van der Waals surface area contributed by atoms with Gasteiger partial charge in [-0.25, -0.2) is 0 Å². The van der Waals surface area contributed by atoms with Crippen molar-refractivity contribution in [3.63, 3.8) is 0 Å². The number of nitrogens with zero attached hydrogens (tertiary/aromatic N) is 3. The SMILES string of the molecule is CC(C)c1nnc(CCC(=O)Nc2ccc([N+](=O)[O-])c(C(F)(F)F)c2)o1. The van der Waals surface area contributed by atoms with E-state index < -0.39 is 28.3 Å². The average Bonchev–Trinajstić information content (AvgIpc) is 3.01. The molecule has 1 aromatic carbocycles. The Balaban J connectivity index is 2.05. The molecule has 0 bridgehead atoms. The van der Waals surface area contributed by atoms with Crippen LogP contribution in [0.15, 0.2) is 22.6 Å². The lowest BCUT2D eigenvalue weighted by Crippen LogP contribution is -2.14. The second-order valence-corrected chi connectivity index (χ2v) is 5.72. The molecule has 0 fully saturated rings. The number of carbonyl (C=O) groups excluding carboxylic acids is 1. The summed E-state index contributed by atoms with van der Waals surface area (Å²) in [5.74, 6) is 0.108. The minimum atomic E-state index is -4.92. The van der Waals surface area contributed by atoms with E-state index in [-0.39, 0.29) is 30.3 Å². The van der Waals surface area contributed by atoms with E-state index in [2.05, 4.69) is 15.5 Å². The Labute approximate surface area is 145 Å². The Hall–Kier alpha value is -2.98. The monoisotopic (exact) mass is 372 g/mol. The molecule has 8 nitrogen and oxygen atoms in total. The number of hydrogen-bond acceptors (Lipinski definition) is 6. The number of aryl methyl sites for hydroxylation is 1. The molecule has 140 valence electrons. The van der Waals surface area contributed by atoms with Gasteiger partial charge in [0, 0.05) is 30.5 Å². The Morgan fingerprint density at radius 2 is 2.04 bits per heavy atom. The Bertz CT molecular complexity index is 817. The summed E-state index contributed by atoms with van der Waals surface area (Å²) in [4.78, 5) is 21.5. The highest BCUT2D eigenvalue weighted by Gasteiger charge is 2.38. The van der Waals surface area contributed by atoms with Crippen LogP contribution in [0, 0.1) is 10.1 Å². The second kappa shape index (κ2) is 7.50. The number of anilines is 1. The van der Waals surface area contributed by atoms with Crippen LogP contribution in [0.5, 0.6) is 0 Å². The number of rotatable bonds is 6. The highest BCUT2D eigenvalue weighted by atomic mass is 19.4. The summed E-state index contributed by atoms with van der Waals surface area (Å²) < 4.78 is 44.1. The number of nitrogens with one attached hydrogen (secondary N) is 1. The zero-order valence-corrected chi connectivity index (χ0v) is 13.8. The van der Waals surface area contributed by atoms with Gasteiger partial charge in [-0.2, -0.15) is 13.2 Å². The number of nitro benzene ring substituents is 1. The molecule has 0 aliphatic rings. The average molecular weight is 372 g/mol. The van der Waals surface area contributed by atoms with Gasteiger partial charge in [0.1, 0.15) is 5.56 Å². The van der Waals surface area contributed by atoms with Crippen molar-refractivity contribution >= 4 is 17.3 Å². The lowest BCUT2D eigenvalue weighted by atomic mass is 10.1. The quantitative estimate of drug-likeness (QED) is 0.611. The Morgan fingerprint density at radius 3 is 2.58 bits per heavy atom. The molecule has 0 atom stereocenters. The zero-order valence-electron chi connectivity index (χ0n) is 13.8. The van der Waals surface area contributed by atoms with Crippen LogP contribution in [0.2, 0.25) is 0 Å². The molecule has 1 N–H and O–H groups in total. The number of aromatic nitrogens is 2. The molecule has 1 amide bonds. The molecule has 0 saturated heterocycles. The number of hydrogen-bond donors (Lipinski definition) is 1. The molecule has 0 aliphatic carbocycles. The predicted molar refractivity (Wildman–Crippen MR) is 83.4 cm³/mol. The second-order valence-electron chi connectivity index (χ2n) is 5.72. The molecular formula is C15H15F3N4O4. The van der Waals surface area contributed by atoms with Crippen LogP contribution in [0.3, 0.4) is 0 Å². The maximum Gasteiger partial charge on any atom is 0.423 e. The highest BCUT2D eigenvalue weighted by Crippen LogP contribution is 2.37. The zero-order chi connectivity index (χ0) is 19.5. The van der Waals surface area contributed by atoms with Crippen LogP contribution in [-0.2, 0) is 17.4 Å². The van der Waals surface area contributed by atoms with Gasteiger partial charge in [0.25, 0.3) is 5.69 Å². The summed E-state index contributed by atoms with van der Waals surface area (Å²) in [6.07, 6.45) is -4.90. The first kappa shape index (κ1) is 19.3. The fraction of sp³-hybridized carbons (Fsp3) is 0.400. The van der Waals surface area contributed by atoms with E-state index in [4.69, 9.17) is 4.42 Å². The molecule has 2 rings (SSSR count). The summed E-state index contributed by atoms with van der Waals surface area (Å²) in [5, 5.41) is 20.6.